The van der Waals surface area contributed by atoms with Crippen molar-refractivity contribution in [3.05, 3.63) is 23.8 Å². The molecule has 0 unspecified atom stereocenters. The van der Waals surface area contributed by atoms with Crippen LogP contribution in [0.25, 0.3) is 0 Å². The van der Waals surface area contributed by atoms with Crippen LogP contribution in [-0.2, 0) is 4.74 Å². The average molecular weight is 276 g/mol. The number of nitrogens with one attached hydrogen (secondary N) is 1. The van der Waals surface area contributed by atoms with Crippen LogP contribution in [0.15, 0.2) is 23.2 Å². The van der Waals surface area contributed by atoms with Gasteiger partial charge in [-0.3, -0.25) is 4.99 Å². The molecule has 0 radical (unpaired) electrons. The Kier molecular flexibility index (Phi) is 4.98. The van der Waals surface area contributed by atoms with Crippen LogP contribution in [0, 0.1) is 0 Å². The number of carbonyl (C=O) groups is 1. The summed E-state index contributed by atoms with van der Waals surface area (Å²) in [6.45, 7) is 0. The molecule has 0 amide bonds. The van der Waals surface area contributed by atoms with Gasteiger partial charge in [-0.1, -0.05) is 12.8 Å². The van der Waals surface area contributed by atoms with E-state index in [1.165, 1.54) is 20.0 Å². The first kappa shape index (κ1) is 14.4. The Morgan fingerprint density at radius 1 is 1.35 bits per heavy atom. The van der Waals surface area contributed by atoms with Crippen molar-refractivity contribution in [3.8, 4) is 5.75 Å². The highest BCUT2D eigenvalue weighted by atomic mass is 16.5. The number of methoxy groups -OCH3 is 2. The third-order valence-electron chi connectivity index (χ3n) is 3.45. The molecule has 1 aliphatic carbocycles. The van der Waals surface area contributed by atoms with Crippen LogP contribution in [0.3, 0.4) is 0 Å². The van der Waals surface area contributed by atoms with E-state index < -0.39 is 0 Å². The predicted molar refractivity (Wildman–Crippen MR) is 78.7 cm³/mol. The Labute approximate surface area is 119 Å². The topological polar surface area (TPSA) is 59.9 Å². The summed E-state index contributed by atoms with van der Waals surface area (Å²) in [7, 11) is 2.95. The molecule has 20 heavy (non-hydrogen) atoms. The van der Waals surface area contributed by atoms with Crippen LogP contribution in [-0.4, -0.2) is 32.6 Å². The lowest BCUT2D eigenvalue weighted by atomic mass is 10.2. The Hall–Kier alpha value is -2.04. The zero-order valence-electron chi connectivity index (χ0n) is 11.9. The van der Waals surface area contributed by atoms with E-state index in [-0.39, 0.29) is 5.97 Å². The molecule has 0 bridgehead atoms. The molecular weight excluding hydrogens is 256 g/mol. The average Bonchev–Trinajstić information content (AvgIpc) is 2.99. The number of ether oxygens (including phenoxy) is 2. The highest BCUT2D eigenvalue weighted by molar-refractivity contribution is 5.92. The van der Waals surface area contributed by atoms with Crippen molar-refractivity contribution in [2.45, 2.75) is 31.7 Å². The van der Waals surface area contributed by atoms with Gasteiger partial charge in [-0.15, -0.1) is 0 Å². The third-order valence-corrected chi connectivity index (χ3v) is 3.45. The lowest BCUT2D eigenvalue weighted by Crippen LogP contribution is -2.06. The first-order valence-corrected chi connectivity index (χ1v) is 6.79. The number of carbonyl (C=O) groups excluding carboxylic acids is 1. The summed E-state index contributed by atoms with van der Waals surface area (Å²) in [6, 6.07) is 5.52. The Balaban J connectivity index is 2.09. The summed E-state index contributed by atoms with van der Waals surface area (Å²) in [5, 5.41) is 3.09. The van der Waals surface area contributed by atoms with Crippen LogP contribution in [0.1, 0.15) is 36.0 Å². The summed E-state index contributed by atoms with van der Waals surface area (Å²) in [4.78, 5) is 16.0. The molecule has 1 aromatic rings. The first-order valence-electron chi connectivity index (χ1n) is 6.79. The van der Waals surface area contributed by atoms with Crippen molar-refractivity contribution in [2.24, 2.45) is 4.99 Å². The number of benzene rings is 1. The van der Waals surface area contributed by atoms with E-state index in [0.29, 0.717) is 23.0 Å². The zero-order chi connectivity index (χ0) is 14.4. The maximum atomic E-state index is 11.5. The van der Waals surface area contributed by atoms with Gasteiger partial charge in [0.15, 0.2) is 0 Å². The Morgan fingerprint density at radius 2 is 2.10 bits per heavy atom. The van der Waals surface area contributed by atoms with Crippen LogP contribution in [0.4, 0.5) is 5.69 Å². The second kappa shape index (κ2) is 6.93. The standard InChI is InChI=1S/C15H20N2O3/c1-19-14-8-7-11(15(18)20-2)9-13(14)17-10-16-12-5-3-4-6-12/h7-10,12H,3-6H2,1-2H3,(H,16,17). The molecule has 0 atom stereocenters. The maximum absolute atomic E-state index is 11.5. The molecule has 1 fully saturated rings. The smallest absolute Gasteiger partial charge is 0.337 e. The van der Waals surface area contributed by atoms with E-state index in [0.717, 1.165) is 12.8 Å². The molecule has 1 aromatic carbocycles. The van der Waals surface area contributed by atoms with Crippen molar-refractivity contribution >= 4 is 18.0 Å². The lowest BCUT2D eigenvalue weighted by Gasteiger charge is -2.10. The molecule has 5 nitrogen and oxygen atoms in total. The number of hydrogen-bond donors (Lipinski definition) is 1. The van der Waals surface area contributed by atoms with Gasteiger partial charge in [-0.2, -0.15) is 0 Å². The maximum Gasteiger partial charge on any atom is 0.337 e. The molecule has 108 valence electrons. The van der Waals surface area contributed by atoms with Crippen LogP contribution < -0.4 is 10.1 Å². The molecular formula is C15H20N2O3. The zero-order valence-corrected chi connectivity index (χ0v) is 11.9. The SMILES string of the molecule is COC(=O)c1ccc(OC)c(NC=NC2CCCC2)c1. The fraction of sp³-hybridized carbons (Fsp3) is 0.467. The minimum absolute atomic E-state index is 0.372. The summed E-state index contributed by atoms with van der Waals surface area (Å²) in [5.41, 5.74) is 1.18. The van der Waals surface area contributed by atoms with Crippen molar-refractivity contribution in [1.29, 1.82) is 0 Å². The summed E-state index contributed by atoms with van der Waals surface area (Å²) in [5.74, 6) is 0.291. The predicted octanol–water partition coefficient (Wildman–Crippen LogP) is 2.86. The number of esters is 1. The minimum atomic E-state index is -0.372. The van der Waals surface area contributed by atoms with E-state index in [4.69, 9.17) is 9.47 Å². The normalized spacial score (nSPS) is 15.5. The van der Waals surface area contributed by atoms with E-state index >= 15 is 0 Å². The number of anilines is 1. The molecule has 0 spiro atoms. The van der Waals surface area contributed by atoms with Gasteiger partial charge in [0.1, 0.15) is 5.75 Å². The summed E-state index contributed by atoms with van der Waals surface area (Å²) >= 11 is 0. The largest absolute Gasteiger partial charge is 0.495 e. The molecule has 1 N–H and O–H groups in total. The van der Waals surface area contributed by atoms with Crippen molar-refractivity contribution in [1.82, 2.24) is 0 Å². The van der Waals surface area contributed by atoms with Gasteiger partial charge < -0.3 is 14.8 Å². The number of rotatable bonds is 5. The number of hydrogen-bond acceptors (Lipinski definition) is 4. The highest BCUT2D eigenvalue weighted by Crippen LogP contribution is 2.25. The molecule has 5 heteroatoms. The molecule has 1 saturated carbocycles. The van der Waals surface area contributed by atoms with Crippen LogP contribution in [0.5, 0.6) is 5.75 Å². The first-order chi connectivity index (χ1) is 9.74. The van der Waals surface area contributed by atoms with E-state index in [1.807, 2.05) is 0 Å². The fourth-order valence-electron chi connectivity index (χ4n) is 2.33. The Bertz CT molecular complexity index is 494. The monoisotopic (exact) mass is 276 g/mol. The minimum Gasteiger partial charge on any atom is -0.495 e. The molecule has 2 rings (SSSR count). The van der Waals surface area contributed by atoms with Gasteiger partial charge in [0.05, 0.1) is 37.9 Å². The molecule has 0 aliphatic heterocycles. The van der Waals surface area contributed by atoms with Crippen molar-refractivity contribution in [2.75, 3.05) is 19.5 Å². The fourth-order valence-corrected chi connectivity index (χ4v) is 2.33. The van der Waals surface area contributed by atoms with Gasteiger partial charge in [0.25, 0.3) is 0 Å². The van der Waals surface area contributed by atoms with Gasteiger partial charge in [-0.25, -0.2) is 4.79 Å². The van der Waals surface area contributed by atoms with Gasteiger partial charge in [0, 0.05) is 0 Å². The molecule has 0 heterocycles. The van der Waals surface area contributed by atoms with E-state index in [2.05, 4.69) is 10.3 Å². The summed E-state index contributed by atoms with van der Waals surface area (Å²) < 4.78 is 9.97. The second-order valence-electron chi connectivity index (χ2n) is 4.77. The van der Waals surface area contributed by atoms with E-state index in [9.17, 15) is 4.79 Å². The van der Waals surface area contributed by atoms with Crippen molar-refractivity contribution < 1.29 is 14.3 Å². The molecule has 0 saturated heterocycles. The molecule has 1 aliphatic rings. The summed E-state index contributed by atoms with van der Waals surface area (Å²) in [6.07, 6.45) is 6.50. The highest BCUT2D eigenvalue weighted by Gasteiger charge is 2.13. The van der Waals surface area contributed by atoms with Crippen LogP contribution in [0.2, 0.25) is 0 Å². The van der Waals surface area contributed by atoms with Crippen LogP contribution >= 0.6 is 0 Å². The lowest BCUT2D eigenvalue weighted by molar-refractivity contribution is 0.0601. The van der Waals surface area contributed by atoms with Gasteiger partial charge >= 0.3 is 5.97 Å². The quantitative estimate of drug-likeness (QED) is 0.510. The number of aliphatic imine (C=N–C) groups is 1. The van der Waals surface area contributed by atoms with Gasteiger partial charge in [0.2, 0.25) is 0 Å². The second-order valence-corrected chi connectivity index (χ2v) is 4.77. The van der Waals surface area contributed by atoms with E-state index in [1.54, 1.807) is 31.6 Å². The molecule has 0 aromatic heterocycles. The van der Waals surface area contributed by atoms with Gasteiger partial charge in [-0.05, 0) is 31.0 Å². The third kappa shape index (κ3) is 3.50. The number of nitrogens with zero attached hydrogens (tertiary/aromatic N) is 1. The Morgan fingerprint density at radius 3 is 2.75 bits per heavy atom. The van der Waals surface area contributed by atoms with Crippen molar-refractivity contribution in [3.63, 3.8) is 0 Å².